The number of nitrogens with zero attached hydrogens (tertiary/aromatic N) is 4. The molecular formula is C18H25N5O2. The molecule has 134 valence electrons. The van der Waals surface area contributed by atoms with Crippen molar-refractivity contribution in [1.29, 1.82) is 0 Å². The Kier molecular flexibility index (Phi) is 5.65. The number of ether oxygens (including phenoxy) is 1. The van der Waals surface area contributed by atoms with Crippen LogP contribution >= 0.6 is 0 Å². The van der Waals surface area contributed by atoms with Crippen LogP contribution in [0, 0.1) is 0 Å². The van der Waals surface area contributed by atoms with Crippen molar-refractivity contribution >= 4 is 28.6 Å². The number of esters is 1. The second kappa shape index (κ2) is 8.11. The van der Waals surface area contributed by atoms with Crippen LogP contribution in [0.3, 0.4) is 0 Å². The van der Waals surface area contributed by atoms with Gasteiger partial charge in [-0.3, -0.25) is 9.69 Å². The van der Waals surface area contributed by atoms with Gasteiger partial charge in [-0.15, -0.1) is 0 Å². The molecule has 1 aromatic heterocycles. The molecule has 0 saturated carbocycles. The topological polar surface area (TPSA) is 70.6 Å². The number of para-hydroxylation sites is 1. The maximum Gasteiger partial charge on any atom is 0.306 e. The molecule has 7 heteroatoms. The van der Waals surface area contributed by atoms with E-state index in [0.717, 1.165) is 56.0 Å². The summed E-state index contributed by atoms with van der Waals surface area (Å²) in [5.41, 5.74) is 0.955. The molecule has 7 nitrogen and oxygen atoms in total. The molecule has 1 aromatic carbocycles. The van der Waals surface area contributed by atoms with Crippen LogP contribution in [0.25, 0.3) is 10.9 Å². The van der Waals surface area contributed by atoms with Gasteiger partial charge >= 0.3 is 5.97 Å². The summed E-state index contributed by atoms with van der Waals surface area (Å²) >= 11 is 0. The Morgan fingerprint density at radius 2 is 1.96 bits per heavy atom. The lowest BCUT2D eigenvalue weighted by Gasteiger charge is -2.35. The van der Waals surface area contributed by atoms with Crippen LogP contribution in [-0.2, 0) is 9.53 Å². The number of aromatic nitrogens is 2. The zero-order valence-electron chi connectivity index (χ0n) is 14.9. The van der Waals surface area contributed by atoms with Gasteiger partial charge in [0.2, 0.25) is 5.95 Å². The molecule has 2 aromatic rings. The number of rotatable bonds is 6. The van der Waals surface area contributed by atoms with Gasteiger partial charge in [0.05, 0.1) is 19.0 Å². The van der Waals surface area contributed by atoms with Gasteiger partial charge in [-0.1, -0.05) is 12.1 Å². The van der Waals surface area contributed by atoms with Crippen molar-refractivity contribution in [2.24, 2.45) is 0 Å². The van der Waals surface area contributed by atoms with Gasteiger partial charge in [0.1, 0.15) is 5.82 Å². The lowest BCUT2D eigenvalue weighted by molar-refractivity contribution is -0.141. The number of anilines is 2. The van der Waals surface area contributed by atoms with Crippen molar-refractivity contribution in [2.75, 3.05) is 56.6 Å². The van der Waals surface area contributed by atoms with Crippen molar-refractivity contribution in [3.63, 3.8) is 0 Å². The highest BCUT2D eigenvalue weighted by atomic mass is 16.5. The molecular weight excluding hydrogens is 318 g/mol. The van der Waals surface area contributed by atoms with E-state index in [9.17, 15) is 4.79 Å². The summed E-state index contributed by atoms with van der Waals surface area (Å²) in [5, 5.41) is 4.29. The van der Waals surface area contributed by atoms with E-state index in [1.807, 2.05) is 25.1 Å². The highest BCUT2D eigenvalue weighted by Crippen LogP contribution is 2.26. The fourth-order valence-electron chi connectivity index (χ4n) is 3.07. The van der Waals surface area contributed by atoms with E-state index in [1.54, 1.807) is 0 Å². The first kappa shape index (κ1) is 17.4. The molecule has 1 N–H and O–H groups in total. The highest BCUT2D eigenvalue weighted by Gasteiger charge is 2.21. The van der Waals surface area contributed by atoms with Gasteiger partial charge in [0.15, 0.2) is 0 Å². The maximum absolute atomic E-state index is 11.3. The molecule has 0 aliphatic carbocycles. The molecule has 1 saturated heterocycles. The predicted molar refractivity (Wildman–Crippen MR) is 99.0 cm³/mol. The number of benzene rings is 1. The SMILES string of the molecule is CCNc1nc(N2CCN(CCC(=O)OC)CC2)c2ccccc2n1. The molecule has 25 heavy (non-hydrogen) atoms. The number of fused-ring (bicyclic) bond motifs is 1. The molecule has 0 unspecified atom stereocenters. The van der Waals surface area contributed by atoms with Crippen molar-refractivity contribution in [3.05, 3.63) is 24.3 Å². The average molecular weight is 343 g/mol. The van der Waals surface area contributed by atoms with Crippen LogP contribution in [0.15, 0.2) is 24.3 Å². The normalized spacial score (nSPS) is 15.4. The van der Waals surface area contributed by atoms with Crippen LogP contribution in [0.2, 0.25) is 0 Å². The summed E-state index contributed by atoms with van der Waals surface area (Å²) in [4.78, 5) is 25.2. The average Bonchev–Trinajstić information content (AvgIpc) is 2.66. The molecule has 3 rings (SSSR count). The van der Waals surface area contributed by atoms with Crippen LogP contribution in [0.4, 0.5) is 11.8 Å². The van der Waals surface area contributed by atoms with Crippen LogP contribution in [0.1, 0.15) is 13.3 Å². The lowest BCUT2D eigenvalue weighted by atomic mass is 10.2. The first-order chi connectivity index (χ1) is 12.2. The van der Waals surface area contributed by atoms with Crippen molar-refractivity contribution in [3.8, 4) is 0 Å². The van der Waals surface area contributed by atoms with Crippen LogP contribution < -0.4 is 10.2 Å². The van der Waals surface area contributed by atoms with E-state index in [-0.39, 0.29) is 5.97 Å². The number of hydrogen-bond acceptors (Lipinski definition) is 7. The molecule has 0 amide bonds. The molecule has 0 atom stereocenters. The quantitative estimate of drug-likeness (QED) is 0.801. The van der Waals surface area contributed by atoms with Crippen LogP contribution in [-0.4, -0.2) is 67.2 Å². The lowest BCUT2D eigenvalue weighted by Crippen LogP contribution is -2.47. The number of piperazine rings is 1. The standard InChI is InChI=1S/C18H25N5O2/c1-3-19-18-20-15-7-5-4-6-14(15)17(21-18)23-12-10-22(11-13-23)9-8-16(24)25-2/h4-7H,3,8-13H2,1-2H3,(H,19,20,21). The molecule has 0 spiro atoms. The fourth-order valence-corrected chi connectivity index (χ4v) is 3.07. The Hall–Kier alpha value is -2.41. The van der Waals surface area contributed by atoms with E-state index in [0.29, 0.717) is 12.4 Å². The van der Waals surface area contributed by atoms with Gasteiger partial charge < -0.3 is 15.0 Å². The minimum Gasteiger partial charge on any atom is -0.469 e. The Labute approximate surface area is 148 Å². The molecule has 1 aliphatic rings. The smallest absolute Gasteiger partial charge is 0.306 e. The number of nitrogens with one attached hydrogen (secondary N) is 1. The summed E-state index contributed by atoms with van der Waals surface area (Å²) < 4.78 is 4.72. The summed E-state index contributed by atoms with van der Waals surface area (Å²) in [5.74, 6) is 1.50. The van der Waals surface area contributed by atoms with Crippen molar-refractivity contribution in [2.45, 2.75) is 13.3 Å². The van der Waals surface area contributed by atoms with Gasteiger partial charge in [-0.05, 0) is 19.1 Å². The monoisotopic (exact) mass is 343 g/mol. The third-order valence-electron chi connectivity index (χ3n) is 4.45. The minimum absolute atomic E-state index is 0.153. The minimum atomic E-state index is -0.153. The third-order valence-corrected chi connectivity index (χ3v) is 4.45. The van der Waals surface area contributed by atoms with Gasteiger partial charge in [0.25, 0.3) is 0 Å². The second-order valence-corrected chi connectivity index (χ2v) is 6.07. The van der Waals surface area contributed by atoms with Crippen molar-refractivity contribution < 1.29 is 9.53 Å². The van der Waals surface area contributed by atoms with E-state index in [2.05, 4.69) is 26.2 Å². The third kappa shape index (κ3) is 4.17. The fraction of sp³-hybridized carbons (Fsp3) is 0.500. The zero-order valence-corrected chi connectivity index (χ0v) is 14.9. The van der Waals surface area contributed by atoms with Gasteiger partial charge in [-0.25, -0.2) is 4.98 Å². The van der Waals surface area contributed by atoms with Crippen LogP contribution in [0.5, 0.6) is 0 Å². The summed E-state index contributed by atoms with van der Waals surface area (Å²) in [6, 6.07) is 8.12. The molecule has 1 fully saturated rings. The molecule has 2 heterocycles. The zero-order chi connectivity index (χ0) is 17.6. The Bertz CT molecular complexity index is 728. The summed E-state index contributed by atoms with van der Waals surface area (Å²) in [6.45, 7) is 7.16. The molecule has 0 radical (unpaired) electrons. The van der Waals surface area contributed by atoms with Gasteiger partial charge in [0, 0.05) is 44.7 Å². The van der Waals surface area contributed by atoms with Gasteiger partial charge in [-0.2, -0.15) is 4.98 Å². The number of carbonyl (C=O) groups excluding carboxylic acids is 1. The first-order valence-electron chi connectivity index (χ1n) is 8.76. The van der Waals surface area contributed by atoms with E-state index < -0.39 is 0 Å². The Morgan fingerprint density at radius 3 is 2.68 bits per heavy atom. The number of hydrogen-bond donors (Lipinski definition) is 1. The Balaban J connectivity index is 1.73. The highest BCUT2D eigenvalue weighted by molar-refractivity contribution is 5.90. The summed E-state index contributed by atoms with van der Waals surface area (Å²) in [6.07, 6.45) is 0.442. The molecule has 1 aliphatic heterocycles. The molecule has 0 bridgehead atoms. The predicted octanol–water partition coefficient (Wildman–Crippen LogP) is 1.75. The van der Waals surface area contributed by atoms with E-state index in [1.165, 1.54) is 7.11 Å². The summed E-state index contributed by atoms with van der Waals surface area (Å²) in [7, 11) is 1.43. The van der Waals surface area contributed by atoms with Crippen molar-refractivity contribution in [1.82, 2.24) is 14.9 Å². The van der Waals surface area contributed by atoms with E-state index >= 15 is 0 Å². The largest absolute Gasteiger partial charge is 0.469 e. The maximum atomic E-state index is 11.3. The number of methoxy groups -OCH3 is 1. The van der Waals surface area contributed by atoms with E-state index in [4.69, 9.17) is 9.72 Å². The first-order valence-corrected chi connectivity index (χ1v) is 8.76. The number of carbonyl (C=O) groups is 1. The second-order valence-electron chi connectivity index (χ2n) is 6.07. The Morgan fingerprint density at radius 1 is 1.20 bits per heavy atom.